The van der Waals surface area contributed by atoms with Crippen LogP contribution in [-0.2, 0) is 29.1 Å². The van der Waals surface area contributed by atoms with Crippen LogP contribution in [0.2, 0.25) is 0 Å². The van der Waals surface area contributed by atoms with Crippen LogP contribution < -0.4 is 5.32 Å². The van der Waals surface area contributed by atoms with Crippen LogP contribution in [0.5, 0.6) is 0 Å². The SMILES string of the molecule is O=C(NCc1ccccc1)[C@@H](c1ccccc1F)N(Cc1cccs1)C(=O)Cc1cccs1. The molecule has 4 rings (SSSR count). The van der Waals surface area contributed by atoms with E-state index in [0.717, 1.165) is 15.3 Å². The van der Waals surface area contributed by atoms with Crippen molar-refractivity contribution >= 4 is 34.5 Å². The number of nitrogens with zero attached hydrogens (tertiary/aromatic N) is 1. The summed E-state index contributed by atoms with van der Waals surface area (Å²) in [5.74, 6) is -1.16. The van der Waals surface area contributed by atoms with E-state index in [9.17, 15) is 14.0 Å². The van der Waals surface area contributed by atoms with Crippen LogP contribution >= 0.6 is 22.7 Å². The summed E-state index contributed by atoms with van der Waals surface area (Å²) in [6, 6.07) is 22.1. The van der Waals surface area contributed by atoms with Gasteiger partial charge >= 0.3 is 0 Å². The maximum Gasteiger partial charge on any atom is 0.247 e. The number of hydrogen-bond acceptors (Lipinski definition) is 4. The Morgan fingerprint density at radius 3 is 2.18 bits per heavy atom. The Morgan fingerprint density at radius 2 is 1.52 bits per heavy atom. The molecule has 0 fully saturated rings. The predicted molar refractivity (Wildman–Crippen MR) is 130 cm³/mol. The average Bonchev–Trinajstić information content (AvgIpc) is 3.53. The zero-order valence-corrected chi connectivity index (χ0v) is 19.5. The Labute approximate surface area is 200 Å². The van der Waals surface area contributed by atoms with E-state index >= 15 is 0 Å². The van der Waals surface area contributed by atoms with Crippen molar-refractivity contribution in [3.05, 3.63) is 116 Å². The molecule has 0 unspecified atom stereocenters. The number of amides is 2. The molecule has 1 atom stereocenters. The van der Waals surface area contributed by atoms with Crippen LogP contribution in [0.25, 0.3) is 0 Å². The third-order valence-corrected chi connectivity index (χ3v) is 6.94. The molecule has 0 spiro atoms. The molecule has 4 nitrogen and oxygen atoms in total. The fourth-order valence-corrected chi connectivity index (χ4v) is 4.99. The Bertz CT molecular complexity index is 1180. The first-order valence-corrected chi connectivity index (χ1v) is 12.3. The molecule has 0 aliphatic rings. The molecule has 2 aromatic heterocycles. The number of rotatable bonds is 9. The second-order valence-electron chi connectivity index (χ2n) is 7.48. The molecular formula is C26H23FN2O2S2. The van der Waals surface area contributed by atoms with E-state index in [0.29, 0.717) is 0 Å². The van der Waals surface area contributed by atoms with Gasteiger partial charge in [-0.3, -0.25) is 9.59 Å². The second kappa shape index (κ2) is 11.0. The van der Waals surface area contributed by atoms with Gasteiger partial charge in [0.05, 0.1) is 13.0 Å². The molecular weight excluding hydrogens is 455 g/mol. The standard InChI is InChI=1S/C26H23FN2O2S2/c27-23-13-5-4-12-22(23)25(26(31)28-17-19-8-2-1-3-9-19)29(18-21-11-7-15-33-21)24(30)16-20-10-6-14-32-20/h1-15,25H,16-18H2,(H,28,31)/t25-/m1/s1. The van der Waals surface area contributed by atoms with E-state index in [1.807, 2.05) is 65.4 Å². The highest BCUT2D eigenvalue weighted by Gasteiger charge is 2.33. The molecule has 0 aliphatic carbocycles. The minimum Gasteiger partial charge on any atom is -0.350 e. The lowest BCUT2D eigenvalue weighted by Gasteiger charge is -2.31. The van der Waals surface area contributed by atoms with Gasteiger partial charge in [0, 0.05) is 21.9 Å². The molecule has 0 aliphatic heterocycles. The van der Waals surface area contributed by atoms with Gasteiger partial charge in [-0.05, 0) is 34.5 Å². The lowest BCUT2D eigenvalue weighted by Crippen LogP contribution is -2.44. The Kier molecular flexibility index (Phi) is 7.65. The molecule has 7 heteroatoms. The van der Waals surface area contributed by atoms with Crippen LogP contribution in [0, 0.1) is 5.82 Å². The first-order chi connectivity index (χ1) is 16.1. The minimum absolute atomic E-state index is 0.153. The summed E-state index contributed by atoms with van der Waals surface area (Å²) in [6.45, 7) is 0.510. The molecule has 33 heavy (non-hydrogen) atoms. The van der Waals surface area contributed by atoms with E-state index < -0.39 is 17.8 Å². The number of halogens is 1. The van der Waals surface area contributed by atoms with Gasteiger partial charge in [0.15, 0.2) is 0 Å². The van der Waals surface area contributed by atoms with Crippen molar-refractivity contribution in [1.82, 2.24) is 10.2 Å². The molecule has 2 heterocycles. The van der Waals surface area contributed by atoms with Crippen molar-refractivity contribution in [1.29, 1.82) is 0 Å². The summed E-state index contributed by atoms with van der Waals surface area (Å²) in [4.78, 5) is 30.3. The number of benzene rings is 2. The molecule has 2 aromatic carbocycles. The van der Waals surface area contributed by atoms with Crippen molar-refractivity contribution < 1.29 is 14.0 Å². The van der Waals surface area contributed by atoms with E-state index in [-0.39, 0.29) is 31.0 Å². The number of nitrogens with one attached hydrogen (secondary N) is 1. The van der Waals surface area contributed by atoms with Crippen molar-refractivity contribution in [2.24, 2.45) is 0 Å². The highest BCUT2D eigenvalue weighted by atomic mass is 32.1. The summed E-state index contributed by atoms with van der Waals surface area (Å²) >= 11 is 2.98. The molecule has 168 valence electrons. The van der Waals surface area contributed by atoms with Gasteiger partial charge in [-0.1, -0.05) is 60.7 Å². The topological polar surface area (TPSA) is 49.4 Å². The van der Waals surface area contributed by atoms with E-state index in [1.165, 1.54) is 33.6 Å². The van der Waals surface area contributed by atoms with E-state index in [1.54, 1.807) is 18.2 Å². The molecule has 0 bridgehead atoms. The third kappa shape index (κ3) is 5.94. The predicted octanol–water partition coefficient (Wildman–Crippen LogP) is 5.58. The normalized spacial score (nSPS) is 11.7. The Hall–Kier alpha value is -3.29. The van der Waals surface area contributed by atoms with Gasteiger partial charge in [-0.25, -0.2) is 4.39 Å². The van der Waals surface area contributed by atoms with Gasteiger partial charge in [0.25, 0.3) is 0 Å². The first kappa shape index (κ1) is 22.9. The molecule has 4 aromatic rings. The largest absolute Gasteiger partial charge is 0.350 e. The highest BCUT2D eigenvalue weighted by molar-refractivity contribution is 7.10. The highest BCUT2D eigenvalue weighted by Crippen LogP contribution is 2.28. The Balaban J connectivity index is 1.67. The van der Waals surface area contributed by atoms with Gasteiger partial charge in [0.2, 0.25) is 11.8 Å². The van der Waals surface area contributed by atoms with E-state index in [4.69, 9.17) is 0 Å². The molecule has 2 amide bonds. The summed E-state index contributed by atoms with van der Waals surface area (Å²) < 4.78 is 14.9. The van der Waals surface area contributed by atoms with Crippen molar-refractivity contribution in [3.63, 3.8) is 0 Å². The molecule has 1 N–H and O–H groups in total. The molecule has 0 saturated heterocycles. The summed E-state index contributed by atoms with van der Waals surface area (Å²) in [5, 5.41) is 6.74. The smallest absolute Gasteiger partial charge is 0.247 e. The van der Waals surface area contributed by atoms with Gasteiger partial charge in [-0.15, -0.1) is 22.7 Å². The van der Waals surface area contributed by atoms with Gasteiger partial charge in [-0.2, -0.15) is 0 Å². The minimum atomic E-state index is -1.09. The van der Waals surface area contributed by atoms with Crippen molar-refractivity contribution in [3.8, 4) is 0 Å². The lowest BCUT2D eigenvalue weighted by atomic mass is 10.0. The summed E-state index contributed by atoms with van der Waals surface area (Å²) in [5.41, 5.74) is 1.10. The number of hydrogen-bond donors (Lipinski definition) is 1. The van der Waals surface area contributed by atoms with Crippen LogP contribution in [0.15, 0.2) is 89.6 Å². The fraction of sp³-hybridized carbons (Fsp3) is 0.154. The average molecular weight is 479 g/mol. The zero-order chi connectivity index (χ0) is 23.0. The first-order valence-electron chi connectivity index (χ1n) is 10.5. The zero-order valence-electron chi connectivity index (χ0n) is 17.8. The van der Waals surface area contributed by atoms with Crippen LogP contribution in [0.4, 0.5) is 4.39 Å². The van der Waals surface area contributed by atoms with Crippen molar-refractivity contribution in [2.75, 3.05) is 0 Å². The third-order valence-electron chi connectivity index (χ3n) is 5.20. The number of thiophene rings is 2. The maximum absolute atomic E-state index is 14.9. The van der Waals surface area contributed by atoms with Crippen LogP contribution in [-0.4, -0.2) is 16.7 Å². The summed E-state index contributed by atoms with van der Waals surface area (Å²) in [6.07, 6.45) is 0.153. The quantitative estimate of drug-likeness (QED) is 0.342. The Morgan fingerprint density at radius 1 is 0.848 bits per heavy atom. The second-order valence-corrected chi connectivity index (χ2v) is 9.55. The number of carbonyl (C=O) groups excluding carboxylic acids is 2. The molecule has 0 saturated carbocycles. The van der Waals surface area contributed by atoms with Crippen molar-refractivity contribution in [2.45, 2.75) is 25.6 Å². The van der Waals surface area contributed by atoms with Crippen LogP contribution in [0.3, 0.4) is 0 Å². The maximum atomic E-state index is 14.9. The lowest BCUT2D eigenvalue weighted by molar-refractivity contribution is -0.141. The monoisotopic (exact) mass is 478 g/mol. The van der Waals surface area contributed by atoms with Gasteiger partial charge in [0.1, 0.15) is 11.9 Å². The fourth-order valence-electron chi connectivity index (χ4n) is 3.59. The van der Waals surface area contributed by atoms with Gasteiger partial charge < -0.3 is 10.2 Å². The molecule has 0 radical (unpaired) electrons. The summed E-state index contributed by atoms with van der Waals surface area (Å²) in [7, 11) is 0. The van der Waals surface area contributed by atoms with E-state index in [2.05, 4.69) is 5.32 Å². The van der Waals surface area contributed by atoms with Crippen LogP contribution in [0.1, 0.15) is 26.9 Å². The number of carbonyl (C=O) groups is 2.